The number of aliphatic hydroxyl groups is 1. The van der Waals surface area contributed by atoms with Gasteiger partial charge in [-0.05, 0) is 71.0 Å². The quantitative estimate of drug-likeness (QED) is 0.0854. The summed E-state index contributed by atoms with van der Waals surface area (Å²) in [5, 5.41) is 9.85. The van der Waals surface area contributed by atoms with Crippen LogP contribution in [0.1, 0.15) is 148 Å². The predicted molar refractivity (Wildman–Crippen MR) is 198 cm³/mol. The minimum atomic E-state index is 0.0269. The fourth-order valence-electron chi connectivity index (χ4n) is 6.20. The molecule has 1 N–H and O–H groups in total. The lowest BCUT2D eigenvalue weighted by molar-refractivity contribution is 0.282. The molecule has 0 spiro atoms. The molecule has 3 nitrogen and oxygen atoms in total. The van der Waals surface area contributed by atoms with E-state index in [0.29, 0.717) is 0 Å². The molecule has 0 unspecified atom stereocenters. The van der Waals surface area contributed by atoms with Crippen LogP contribution in [0.3, 0.4) is 0 Å². The van der Waals surface area contributed by atoms with Crippen LogP contribution in [0.5, 0.6) is 11.5 Å². The van der Waals surface area contributed by atoms with Crippen molar-refractivity contribution >= 4 is 0 Å². The molecular formula is C43H64O3. The van der Waals surface area contributed by atoms with Crippen LogP contribution in [-0.2, 0) is 6.61 Å². The van der Waals surface area contributed by atoms with Gasteiger partial charge < -0.3 is 14.6 Å². The smallest absolute Gasteiger partial charge is 0.119 e. The summed E-state index contributed by atoms with van der Waals surface area (Å²) in [6.07, 6.45) is 26.6. The molecule has 0 fully saturated rings. The van der Waals surface area contributed by atoms with Gasteiger partial charge in [-0.3, -0.25) is 0 Å². The first-order valence-corrected chi connectivity index (χ1v) is 19.0. The minimum absolute atomic E-state index is 0.0269. The summed E-state index contributed by atoms with van der Waals surface area (Å²) in [6.45, 7) is 6.13. The van der Waals surface area contributed by atoms with E-state index in [1.165, 1.54) is 116 Å². The Morgan fingerprint density at radius 3 is 1.17 bits per heavy atom. The van der Waals surface area contributed by atoms with Gasteiger partial charge in [0.2, 0.25) is 0 Å². The van der Waals surface area contributed by atoms with Crippen LogP contribution in [0.4, 0.5) is 0 Å². The fraction of sp³-hybridized carbons (Fsp3) is 0.581. The molecule has 0 heterocycles. The fourth-order valence-corrected chi connectivity index (χ4v) is 6.20. The largest absolute Gasteiger partial charge is 0.494 e. The molecule has 46 heavy (non-hydrogen) atoms. The van der Waals surface area contributed by atoms with Gasteiger partial charge in [0.25, 0.3) is 0 Å². The van der Waals surface area contributed by atoms with Gasteiger partial charge in [0, 0.05) is 0 Å². The number of ether oxygens (including phenoxy) is 2. The van der Waals surface area contributed by atoms with E-state index in [4.69, 9.17) is 9.47 Å². The van der Waals surface area contributed by atoms with Crippen molar-refractivity contribution in [1.29, 1.82) is 0 Å². The average Bonchev–Trinajstić information content (AvgIpc) is 3.10. The summed E-state index contributed by atoms with van der Waals surface area (Å²) >= 11 is 0. The Hall–Kier alpha value is -2.78. The van der Waals surface area contributed by atoms with Crippen LogP contribution in [0.15, 0.2) is 66.7 Å². The Morgan fingerprint density at radius 1 is 0.413 bits per heavy atom. The summed E-state index contributed by atoms with van der Waals surface area (Å²) in [7, 11) is 0. The molecule has 3 aromatic rings. The summed E-state index contributed by atoms with van der Waals surface area (Å²) in [6, 6.07) is 23.1. The minimum Gasteiger partial charge on any atom is -0.494 e. The molecule has 0 aliphatic carbocycles. The molecule has 3 rings (SSSR count). The van der Waals surface area contributed by atoms with Crippen molar-refractivity contribution in [2.75, 3.05) is 13.2 Å². The molecule has 0 bridgehead atoms. The van der Waals surface area contributed by atoms with Crippen molar-refractivity contribution in [3.05, 3.63) is 72.3 Å². The summed E-state index contributed by atoms with van der Waals surface area (Å²) < 4.78 is 12.1. The Labute approximate surface area is 282 Å². The van der Waals surface area contributed by atoms with E-state index in [1.54, 1.807) is 0 Å². The second-order valence-electron chi connectivity index (χ2n) is 13.1. The van der Waals surface area contributed by atoms with Crippen molar-refractivity contribution in [2.45, 2.75) is 149 Å². The zero-order chi connectivity index (χ0) is 32.5. The monoisotopic (exact) mass is 628 g/mol. The van der Waals surface area contributed by atoms with Crippen molar-refractivity contribution < 1.29 is 14.6 Å². The van der Waals surface area contributed by atoms with Crippen LogP contribution in [0.2, 0.25) is 0 Å². The van der Waals surface area contributed by atoms with Crippen molar-refractivity contribution in [2.24, 2.45) is 0 Å². The topological polar surface area (TPSA) is 38.7 Å². The first kappa shape index (κ1) is 37.7. The first-order chi connectivity index (χ1) is 22.7. The van der Waals surface area contributed by atoms with E-state index in [2.05, 4.69) is 74.5 Å². The number of rotatable bonds is 27. The molecule has 3 aromatic carbocycles. The van der Waals surface area contributed by atoms with Gasteiger partial charge in [-0.1, -0.05) is 166 Å². The van der Waals surface area contributed by atoms with E-state index < -0.39 is 0 Å². The first-order valence-electron chi connectivity index (χ1n) is 19.0. The van der Waals surface area contributed by atoms with Gasteiger partial charge in [-0.2, -0.15) is 0 Å². The zero-order valence-corrected chi connectivity index (χ0v) is 29.4. The third-order valence-electron chi connectivity index (χ3n) is 9.13. The normalized spacial score (nSPS) is 11.2. The number of unbranched alkanes of at least 4 members (excludes halogenated alkanes) is 18. The lowest BCUT2D eigenvalue weighted by Crippen LogP contribution is -1.98. The van der Waals surface area contributed by atoms with Gasteiger partial charge in [-0.15, -0.1) is 0 Å². The molecule has 0 amide bonds. The predicted octanol–water partition coefficient (Wildman–Crippen LogP) is 13.1. The molecule has 0 aliphatic heterocycles. The van der Waals surface area contributed by atoms with Gasteiger partial charge in [-0.25, -0.2) is 0 Å². The van der Waals surface area contributed by atoms with E-state index in [9.17, 15) is 5.11 Å². The van der Waals surface area contributed by atoms with E-state index >= 15 is 0 Å². The van der Waals surface area contributed by atoms with Gasteiger partial charge in [0.1, 0.15) is 11.5 Å². The number of aliphatic hydroxyl groups excluding tert-OH is 1. The standard InChI is InChI=1S/C43H64O3/c1-3-5-7-9-11-13-15-17-19-21-33-45-40-28-24-38(25-29-40)42-32-23-37(36-44)35-43(42)39-26-30-41(31-27-39)46-34-22-20-18-16-14-12-10-8-6-4-2/h23-32,35,44H,3-22,33-34,36H2,1-2H3. The summed E-state index contributed by atoms with van der Waals surface area (Å²) in [5.41, 5.74) is 5.45. The van der Waals surface area contributed by atoms with Crippen LogP contribution in [0.25, 0.3) is 22.3 Å². The number of hydrogen-bond acceptors (Lipinski definition) is 3. The van der Waals surface area contributed by atoms with Crippen LogP contribution in [0, 0.1) is 0 Å². The lowest BCUT2D eigenvalue weighted by Gasteiger charge is -2.14. The maximum absolute atomic E-state index is 9.85. The third kappa shape index (κ3) is 15.2. The highest BCUT2D eigenvalue weighted by Crippen LogP contribution is 2.35. The van der Waals surface area contributed by atoms with E-state index in [0.717, 1.165) is 65.4 Å². The molecule has 0 saturated carbocycles. The number of hydrogen-bond donors (Lipinski definition) is 1. The van der Waals surface area contributed by atoms with E-state index in [1.807, 2.05) is 6.07 Å². The summed E-state index contributed by atoms with van der Waals surface area (Å²) in [4.78, 5) is 0. The van der Waals surface area contributed by atoms with Crippen LogP contribution < -0.4 is 9.47 Å². The molecule has 0 radical (unpaired) electrons. The van der Waals surface area contributed by atoms with Gasteiger partial charge in [0.15, 0.2) is 0 Å². The SMILES string of the molecule is CCCCCCCCCCCCOc1ccc(-c2ccc(CO)cc2-c2ccc(OCCCCCCCCCCCC)cc2)cc1. The Kier molecular flexibility index (Phi) is 20.0. The highest BCUT2D eigenvalue weighted by atomic mass is 16.5. The second-order valence-corrected chi connectivity index (χ2v) is 13.1. The van der Waals surface area contributed by atoms with Crippen molar-refractivity contribution in [3.63, 3.8) is 0 Å². The van der Waals surface area contributed by atoms with Crippen LogP contribution >= 0.6 is 0 Å². The van der Waals surface area contributed by atoms with Gasteiger partial charge in [0.05, 0.1) is 19.8 Å². The maximum Gasteiger partial charge on any atom is 0.119 e. The van der Waals surface area contributed by atoms with E-state index in [-0.39, 0.29) is 6.61 Å². The zero-order valence-electron chi connectivity index (χ0n) is 29.4. The average molecular weight is 629 g/mol. The van der Waals surface area contributed by atoms with Gasteiger partial charge >= 0.3 is 0 Å². The highest BCUT2D eigenvalue weighted by molar-refractivity contribution is 5.84. The Bertz CT molecular complexity index is 1150. The summed E-state index contributed by atoms with van der Waals surface area (Å²) in [5.74, 6) is 1.85. The number of benzene rings is 3. The lowest BCUT2D eigenvalue weighted by atomic mass is 9.93. The maximum atomic E-state index is 9.85. The van der Waals surface area contributed by atoms with Crippen LogP contribution in [-0.4, -0.2) is 18.3 Å². The molecule has 0 aromatic heterocycles. The molecule has 3 heteroatoms. The molecule has 0 saturated heterocycles. The third-order valence-corrected chi connectivity index (χ3v) is 9.13. The Morgan fingerprint density at radius 2 is 0.783 bits per heavy atom. The molecule has 0 aliphatic rings. The molecule has 254 valence electrons. The van der Waals surface area contributed by atoms with Crippen molar-refractivity contribution in [1.82, 2.24) is 0 Å². The highest BCUT2D eigenvalue weighted by Gasteiger charge is 2.10. The van der Waals surface area contributed by atoms with Crippen molar-refractivity contribution in [3.8, 4) is 33.8 Å². The molecular weight excluding hydrogens is 564 g/mol. The second kappa shape index (κ2) is 24.4. The Balaban J connectivity index is 1.42. The molecule has 0 atom stereocenters.